The van der Waals surface area contributed by atoms with E-state index in [1.165, 1.54) is 0 Å². The molecule has 0 saturated carbocycles. The van der Waals surface area contributed by atoms with Gasteiger partial charge in [-0.1, -0.05) is 13.8 Å². The Morgan fingerprint density at radius 1 is 1.65 bits per heavy atom. The van der Waals surface area contributed by atoms with Gasteiger partial charge in [0.15, 0.2) is 0 Å². The van der Waals surface area contributed by atoms with Crippen LogP contribution in [0.5, 0.6) is 0 Å². The topological polar surface area (TPSA) is 50.5 Å². The monoisotopic (exact) mass is 239 g/mol. The molecule has 0 aromatic carbocycles. The van der Waals surface area contributed by atoms with E-state index in [4.69, 9.17) is 9.15 Å². The van der Waals surface area contributed by atoms with Gasteiger partial charge in [0.1, 0.15) is 6.26 Å². The van der Waals surface area contributed by atoms with Crippen LogP contribution in [0.4, 0.5) is 6.01 Å². The number of oxazole rings is 1. The molecule has 1 fully saturated rings. The fraction of sp³-hybridized carbons (Fsp3) is 0.750. The lowest BCUT2D eigenvalue weighted by Gasteiger charge is -2.12. The third-order valence-electron chi connectivity index (χ3n) is 2.98. The van der Waals surface area contributed by atoms with Crippen LogP contribution in [0.15, 0.2) is 10.7 Å². The minimum absolute atomic E-state index is 0.305. The second-order valence-electron chi connectivity index (χ2n) is 4.75. The zero-order valence-corrected chi connectivity index (χ0v) is 10.8. The second kappa shape index (κ2) is 5.51. The van der Waals surface area contributed by atoms with Crippen molar-refractivity contribution in [3.8, 4) is 0 Å². The zero-order valence-electron chi connectivity index (χ0n) is 10.8. The quantitative estimate of drug-likeness (QED) is 0.841. The number of rotatable bonds is 5. The Morgan fingerprint density at radius 2 is 2.47 bits per heavy atom. The highest BCUT2D eigenvalue weighted by molar-refractivity contribution is 5.29. The molecule has 1 aliphatic heterocycles. The minimum atomic E-state index is 0.305. The van der Waals surface area contributed by atoms with Crippen molar-refractivity contribution in [3.63, 3.8) is 0 Å². The van der Waals surface area contributed by atoms with E-state index in [2.05, 4.69) is 29.0 Å². The average Bonchev–Trinajstić information content (AvgIpc) is 2.94. The molecule has 1 N–H and O–H groups in total. The van der Waals surface area contributed by atoms with Crippen LogP contribution < -0.4 is 10.2 Å². The molecule has 1 aliphatic rings. The summed E-state index contributed by atoms with van der Waals surface area (Å²) in [5.41, 5.74) is 0.953. The van der Waals surface area contributed by atoms with Crippen molar-refractivity contribution in [1.29, 1.82) is 0 Å². The molecule has 5 nitrogen and oxygen atoms in total. The first-order valence-corrected chi connectivity index (χ1v) is 6.14. The molecule has 0 spiro atoms. The summed E-state index contributed by atoms with van der Waals surface area (Å²) in [5.74, 6) is 0. The standard InChI is InChI=1S/C12H21N3O2/c1-9(2)13-6-10-8-17-12(14-10)15-5-4-11(7-15)16-3/h8-9,11,13H,4-7H2,1-3H3. The summed E-state index contributed by atoms with van der Waals surface area (Å²) in [6, 6.07) is 1.17. The molecular formula is C12H21N3O2. The lowest BCUT2D eigenvalue weighted by molar-refractivity contribution is 0.121. The Bertz CT molecular complexity index is 351. The highest BCUT2D eigenvalue weighted by Gasteiger charge is 2.25. The molecule has 1 unspecified atom stereocenters. The Balaban J connectivity index is 1.90. The van der Waals surface area contributed by atoms with E-state index >= 15 is 0 Å². The van der Waals surface area contributed by atoms with Crippen LogP contribution in [-0.2, 0) is 11.3 Å². The van der Waals surface area contributed by atoms with Crippen molar-refractivity contribution in [1.82, 2.24) is 10.3 Å². The van der Waals surface area contributed by atoms with E-state index in [9.17, 15) is 0 Å². The zero-order chi connectivity index (χ0) is 12.3. The van der Waals surface area contributed by atoms with Crippen molar-refractivity contribution < 1.29 is 9.15 Å². The smallest absolute Gasteiger partial charge is 0.297 e. The Labute approximate surface area is 102 Å². The summed E-state index contributed by atoms with van der Waals surface area (Å²) < 4.78 is 10.8. The highest BCUT2D eigenvalue weighted by atomic mass is 16.5. The fourth-order valence-corrected chi connectivity index (χ4v) is 1.93. The molecule has 0 bridgehead atoms. The van der Waals surface area contributed by atoms with Crippen molar-refractivity contribution in [3.05, 3.63) is 12.0 Å². The molecular weight excluding hydrogens is 218 g/mol. The van der Waals surface area contributed by atoms with E-state index in [0.717, 1.165) is 31.7 Å². The average molecular weight is 239 g/mol. The molecule has 1 saturated heterocycles. The number of methoxy groups -OCH3 is 1. The Kier molecular flexibility index (Phi) is 4.02. The van der Waals surface area contributed by atoms with Crippen LogP contribution in [0.25, 0.3) is 0 Å². The number of ether oxygens (including phenoxy) is 1. The third kappa shape index (κ3) is 3.20. The summed E-state index contributed by atoms with van der Waals surface area (Å²) in [5, 5.41) is 3.32. The van der Waals surface area contributed by atoms with E-state index in [-0.39, 0.29) is 0 Å². The van der Waals surface area contributed by atoms with Gasteiger partial charge in [0, 0.05) is 32.8 Å². The molecule has 17 heavy (non-hydrogen) atoms. The van der Waals surface area contributed by atoms with Crippen LogP contribution in [-0.4, -0.2) is 37.3 Å². The molecule has 96 valence electrons. The number of aromatic nitrogens is 1. The molecule has 0 amide bonds. The lowest BCUT2D eigenvalue weighted by atomic mass is 10.3. The maximum Gasteiger partial charge on any atom is 0.297 e. The second-order valence-corrected chi connectivity index (χ2v) is 4.75. The number of hydrogen-bond donors (Lipinski definition) is 1. The summed E-state index contributed by atoms with van der Waals surface area (Å²) in [4.78, 5) is 6.61. The summed E-state index contributed by atoms with van der Waals surface area (Å²) >= 11 is 0. The third-order valence-corrected chi connectivity index (χ3v) is 2.98. The van der Waals surface area contributed by atoms with Gasteiger partial charge >= 0.3 is 0 Å². The van der Waals surface area contributed by atoms with Gasteiger partial charge in [0.25, 0.3) is 6.01 Å². The van der Waals surface area contributed by atoms with E-state index < -0.39 is 0 Å². The van der Waals surface area contributed by atoms with Crippen LogP contribution >= 0.6 is 0 Å². The van der Waals surface area contributed by atoms with Gasteiger partial charge in [-0.25, -0.2) is 0 Å². The van der Waals surface area contributed by atoms with Crippen LogP contribution in [0, 0.1) is 0 Å². The molecule has 2 heterocycles. The maximum absolute atomic E-state index is 5.49. The molecule has 0 radical (unpaired) electrons. The summed E-state index contributed by atoms with van der Waals surface area (Å²) in [7, 11) is 1.75. The molecule has 2 rings (SSSR count). The van der Waals surface area contributed by atoms with Gasteiger partial charge in [-0.05, 0) is 6.42 Å². The SMILES string of the molecule is COC1CCN(c2nc(CNC(C)C)co2)C1. The maximum atomic E-state index is 5.49. The lowest BCUT2D eigenvalue weighted by Crippen LogP contribution is -2.23. The molecule has 1 aromatic rings. The summed E-state index contributed by atoms with van der Waals surface area (Å²) in [6.07, 6.45) is 3.07. The first-order valence-electron chi connectivity index (χ1n) is 6.14. The predicted molar refractivity (Wildman–Crippen MR) is 66.1 cm³/mol. The van der Waals surface area contributed by atoms with Crippen LogP contribution in [0.3, 0.4) is 0 Å². The van der Waals surface area contributed by atoms with Crippen molar-refractivity contribution >= 4 is 6.01 Å². The number of nitrogens with one attached hydrogen (secondary N) is 1. The minimum Gasteiger partial charge on any atom is -0.432 e. The van der Waals surface area contributed by atoms with Crippen LogP contribution in [0.1, 0.15) is 26.0 Å². The van der Waals surface area contributed by atoms with E-state index in [1.54, 1.807) is 13.4 Å². The van der Waals surface area contributed by atoms with E-state index in [1.807, 2.05) is 0 Å². The van der Waals surface area contributed by atoms with Gasteiger partial charge in [0.05, 0.1) is 11.8 Å². The van der Waals surface area contributed by atoms with Gasteiger partial charge in [-0.3, -0.25) is 0 Å². The molecule has 1 atom stereocenters. The molecule has 5 heteroatoms. The normalized spacial score (nSPS) is 20.5. The van der Waals surface area contributed by atoms with Crippen molar-refractivity contribution in [2.45, 2.75) is 39.0 Å². The van der Waals surface area contributed by atoms with E-state index in [0.29, 0.717) is 18.2 Å². The number of anilines is 1. The molecule has 0 aliphatic carbocycles. The Hall–Kier alpha value is -1.07. The highest BCUT2D eigenvalue weighted by Crippen LogP contribution is 2.20. The number of nitrogens with zero attached hydrogens (tertiary/aromatic N) is 2. The van der Waals surface area contributed by atoms with Crippen molar-refractivity contribution in [2.24, 2.45) is 0 Å². The first kappa shape index (κ1) is 12.4. The van der Waals surface area contributed by atoms with Gasteiger partial charge < -0.3 is 19.4 Å². The van der Waals surface area contributed by atoms with Crippen LogP contribution in [0.2, 0.25) is 0 Å². The summed E-state index contributed by atoms with van der Waals surface area (Å²) in [6.45, 7) is 6.81. The number of hydrogen-bond acceptors (Lipinski definition) is 5. The largest absolute Gasteiger partial charge is 0.432 e. The first-order chi connectivity index (χ1) is 8.19. The van der Waals surface area contributed by atoms with Gasteiger partial charge in [-0.2, -0.15) is 4.98 Å². The molecule has 1 aromatic heterocycles. The predicted octanol–water partition coefficient (Wildman–Crippen LogP) is 1.40. The Morgan fingerprint density at radius 3 is 3.12 bits per heavy atom. The van der Waals surface area contributed by atoms with Crippen molar-refractivity contribution in [2.75, 3.05) is 25.1 Å². The van der Waals surface area contributed by atoms with Gasteiger partial charge in [0.2, 0.25) is 0 Å². The fourth-order valence-electron chi connectivity index (χ4n) is 1.93. The van der Waals surface area contributed by atoms with Gasteiger partial charge in [-0.15, -0.1) is 0 Å².